The molecule has 0 saturated carbocycles. The van der Waals surface area contributed by atoms with Crippen LogP contribution >= 0.6 is 18.7 Å². The molecule has 7 nitrogen and oxygen atoms in total. The van der Waals surface area contributed by atoms with Crippen LogP contribution in [-0.2, 0) is 17.4 Å². The Balaban J connectivity index is 1.32. The molecule has 1 atom stereocenters. The zero-order valence-electron chi connectivity index (χ0n) is 20.3. The molecule has 35 heavy (non-hydrogen) atoms. The molecular weight excluding hydrogens is 479 g/mol. The van der Waals surface area contributed by atoms with Crippen LogP contribution in [-0.4, -0.2) is 52.3 Å². The fourth-order valence-electron chi connectivity index (χ4n) is 5.13. The zero-order chi connectivity index (χ0) is 24.4. The molecule has 1 aromatic carbocycles. The van der Waals surface area contributed by atoms with Crippen LogP contribution in [0.15, 0.2) is 42.9 Å². The van der Waals surface area contributed by atoms with Crippen molar-refractivity contribution >= 4 is 47.2 Å². The Morgan fingerprint density at radius 3 is 2.57 bits per heavy atom. The molecule has 1 aliphatic heterocycles. The summed E-state index contributed by atoms with van der Waals surface area (Å²) in [5.74, 6) is 0.903. The first kappa shape index (κ1) is 24.2. The smallest absolute Gasteiger partial charge is 0.229 e. The number of benzene rings is 1. The lowest BCUT2D eigenvalue weighted by atomic mass is 10.0. The van der Waals surface area contributed by atoms with Gasteiger partial charge in [0, 0.05) is 24.1 Å². The van der Waals surface area contributed by atoms with Gasteiger partial charge in [-0.1, -0.05) is 17.7 Å². The number of rotatable bonds is 6. The van der Waals surface area contributed by atoms with E-state index >= 15 is 0 Å². The molecule has 3 aromatic rings. The van der Waals surface area contributed by atoms with E-state index in [-0.39, 0.29) is 0 Å². The molecule has 2 N–H and O–H groups in total. The number of hydrogen-bond donors (Lipinski definition) is 2. The van der Waals surface area contributed by atoms with Gasteiger partial charge in [-0.3, -0.25) is 4.98 Å². The summed E-state index contributed by atoms with van der Waals surface area (Å²) >= 11 is 6.39. The third-order valence-corrected chi connectivity index (χ3v) is 8.78. The monoisotopic (exact) mass is 510 g/mol. The maximum Gasteiger partial charge on any atom is 0.229 e. The SMILES string of the molecule is CP(C)(=O)c1cnccc1Nc1nc(Nc2ccc3c(c2)CC[C@@H](N2CCCC2)CC3)ncc1Cl. The highest BCUT2D eigenvalue weighted by Gasteiger charge is 2.24. The minimum atomic E-state index is -2.53. The highest BCUT2D eigenvalue weighted by atomic mass is 35.5. The van der Waals surface area contributed by atoms with E-state index in [1.807, 2.05) is 0 Å². The molecule has 9 heteroatoms. The number of likely N-dealkylation sites (tertiary alicyclic amines) is 1. The van der Waals surface area contributed by atoms with Gasteiger partial charge in [0.1, 0.15) is 12.2 Å². The fourth-order valence-corrected chi connectivity index (χ4v) is 6.33. The van der Waals surface area contributed by atoms with Gasteiger partial charge in [0.05, 0.1) is 17.2 Å². The van der Waals surface area contributed by atoms with Gasteiger partial charge in [-0.25, -0.2) is 4.98 Å². The van der Waals surface area contributed by atoms with Crippen molar-refractivity contribution in [2.75, 3.05) is 37.1 Å². The molecular formula is C26H32ClN6OP. The summed E-state index contributed by atoms with van der Waals surface area (Å²) in [4.78, 5) is 15.8. The number of anilines is 4. The molecule has 1 fully saturated rings. The van der Waals surface area contributed by atoms with E-state index in [9.17, 15) is 4.57 Å². The molecule has 2 aliphatic rings. The molecule has 184 valence electrons. The molecule has 0 radical (unpaired) electrons. The fraction of sp³-hybridized carbons (Fsp3) is 0.423. The van der Waals surface area contributed by atoms with Gasteiger partial charge in [0.2, 0.25) is 5.95 Å². The summed E-state index contributed by atoms with van der Waals surface area (Å²) in [5, 5.41) is 7.60. The molecule has 5 rings (SSSR count). The van der Waals surface area contributed by atoms with E-state index in [1.54, 1.807) is 38.0 Å². The van der Waals surface area contributed by atoms with Crippen LogP contribution in [0.5, 0.6) is 0 Å². The van der Waals surface area contributed by atoms with Crippen molar-refractivity contribution in [2.24, 2.45) is 0 Å². The molecule has 2 aromatic heterocycles. The number of pyridine rings is 1. The first-order valence-corrected chi connectivity index (χ1v) is 15.3. The lowest BCUT2D eigenvalue weighted by Gasteiger charge is -2.25. The minimum Gasteiger partial charge on any atom is -0.338 e. The third kappa shape index (κ3) is 5.69. The second-order valence-electron chi connectivity index (χ2n) is 9.84. The third-order valence-electron chi connectivity index (χ3n) is 6.99. The van der Waals surface area contributed by atoms with Gasteiger partial charge in [-0.2, -0.15) is 4.98 Å². The predicted molar refractivity (Wildman–Crippen MR) is 145 cm³/mol. The van der Waals surface area contributed by atoms with E-state index in [0.717, 1.165) is 18.5 Å². The summed E-state index contributed by atoms with van der Waals surface area (Å²) in [5.41, 5.74) is 4.50. The van der Waals surface area contributed by atoms with Crippen molar-refractivity contribution in [3.05, 3.63) is 59.0 Å². The number of halogens is 1. The normalized spacial score (nSPS) is 18.7. The van der Waals surface area contributed by atoms with E-state index < -0.39 is 7.14 Å². The average molecular weight is 511 g/mol. The molecule has 3 heterocycles. The van der Waals surface area contributed by atoms with Crippen LogP contribution in [0.2, 0.25) is 5.02 Å². The van der Waals surface area contributed by atoms with Crippen LogP contribution < -0.4 is 15.9 Å². The molecule has 0 bridgehead atoms. The first-order chi connectivity index (χ1) is 16.9. The standard InChI is InChI=1S/C26H32ClN6OP/c1-35(2,34)24-17-28-12-11-23(24)31-25-22(27)16-29-26(32-25)30-20-8-5-18-6-9-21(10-7-19(18)15-20)33-13-3-4-14-33/h5,8,11-12,15-17,21H,3-4,6-7,9-10,13-14H2,1-2H3,(H2,28,29,30,31,32)/t21-/m0/s1. The van der Waals surface area contributed by atoms with Crippen molar-refractivity contribution in [1.82, 2.24) is 19.9 Å². The van der Waals surface area contributed by atoms with Gasteiger partial charge >= 0.3 is 0 Å². The van der Waals surface area contributed by atoms with Gasteiger partial charge in [0.25, 0.3) is 0 Å². The highest BCUT2D eigenvalue weighted by Crippen LogP contribution is 2.38. The number of nitrogens with one attached hydrogen (secondary N) is 2. The number of aromatic nitrogens is 3. The van der Waals surface area contributed by atoms with Gasteiger partial charge in [-0.15, -0.1) is 0 Å². The predicted octanol–water partition coefficient (Wildman–Crippen LogP) is 5.60. The van der Waals surface area contributed by atoms with Crippen LogP contribution in [0.1, 0.15) is 36.8 Å². The highest BCUT2D eigenvalue weighted by molar-refractivity contribution is 7.70. The topological polar surface area (TPSA) is 83.0 Å². The summed E-state index contributed by atoms with van der Waals surface area (Å²) < 4.78 is 12.7. The van der Waals surface area contributed by atoms with Crippen molar-refractivity contribution < 1.29 is 4.57 Å². The Hall–Kier alpha value is -2.47. The Kier molecular flexibility index (Phi) is 7.10. The summed E-state index contributed by atoms with van der Waals surface area (Å²) in [6, 6.07) is 9.06. The van der Waals surface area contributed by atoms with E-state index in [2.05, 4.69) is 48.7 Å². The molecule has 0 unspecified atom stereocenters. The lowest BCUT2D eigenvalue weighted by molar-refractivity contribution is 0.222. The molecule has 0 amide bonds. The summed E-state index contributed by atoms with van der Waals surface area (Å²) in [6.07, 6.45) is 12.2. The number of nitrogens with zero attached hydrogens (tertiary/aromatic N) is 4. The van der Waals surface area contributed by atoms with Crippen LogP contribution in [0.25, 0.3) is 0 Å². The second kappa shape index (κ2) is 10.3. The van der Waals surface area contributed by atoms with E-state index in [0.29, 0.717) is 33.8 Å². The van der Waals surface area contributed by atoms with Gasteiger partial charge < -0.3 is 20.1 Å². The van der Waals surface area contributed by atoms with E-state index in [1.165, 1.54) is 49.9 Å². The van der Waals surface area contributed by atoms with Crippen molar-refractivity contribution in [1.29, 1.82) is 0 Å². The Bertz CT molecular complexity index is 1260. The minimum absolute atomic E-state index is 0.384. The maximum absolute atomic E-state index is 12.7. The number of aryl methyl sites for hydroxylation is 2. The van der Waals surface area contributed by atoms with Gasteiger partial charge in [-0.05, 0) is 94.3 Å². The van der Waals surface area contributed by atoms with Crippen LogP contribution in [0, 0.1) is 0 Å². The maximum atomic E-state index is 12.7. The summed E-state index contributed by atoms with van der Waals surface area (Å²) in [7, 11) is -2.53. The molecule has 1 aliphatic carbocycles. The molecule has 1 saturated heterocycles. The second-order valence-corrected chi connectivity index (χ2v) is 13.4. The largest absolute Gasteiger partial charge is 0.338 e. The molecule has 0 spiro atoms. The lowest BCUT2D eigenvalue weighted by Crippen LogP contribution is -2.32. The van der Waals surface area contributed by atoms with Crippen molar-refractivity contribution in [2.45, 2.75) is 44.6 Å². The van der Waals surface area contributed by atoms with Crippen molar-refractivity contribution in [3.8, 4) is 0 Å². The van der Waals surface area contributed by atoms with Crippen LogP contribution in [0.3, 0.4) is 0 Å². The Morgan fingerprint density at radius 2 is 1.80 bits per heavy atom. The number of hydrogen-bond acceptors (Lipinski definition) is 7. The number of fused-ring (bicyclic) bond motifs is 1. The Labute approximate surface area is 212 Å². The summed E-state index contributed by atoms with van der Waals surface area (Å²) in [6.45, 7) is 5.95. The Morgan fingerprint density at radius 1 is 1.03 bits per heavy atom. The van der Waals surface area contributed by atoms with Gasteiger partial charge in [0.15, 0.2) is 5.82 Å². The van der Waals surface area contributed by atoms with Crippen LogP contribution in [0.4, 0.5) is 23.1 Å². The first-order valence-electron chi connectivity index (χ1n) is 12.3. The zero-order valence-corrected chi connectivity index (χ0v) is 21.9. The quantitative estimate of drug-likeness (QED) is 0.329. The van der Waals surface area contributed by atoms with Crippen molar-refractivity contribution in [3.63, 3.8) is 0 Å². The average Bonchev–Trinajstić information content (AvgIpc) is 3.28. The van der Waals surface area contributed by atoms with E-state index in [4.69, 9.17) is 11.6 Å².